The zero-order chi connectivity index (χ0) is 28.7. The van der Waals surface area contributed by atoms with Crippen LogP contribution in [-0.2, 0) is 14.4 Å². The number of hydrogen-bond donors (Lipinski definition) is 3. The molecule has 0 radical (unpaired) electrons. The molecule has 2 aromatic carbocycles. The molecule has 7 nitrogen and oxygen atoms in total. The number of nitrogens with zero attached hydrogens (tertiary/aromatic N) is 1. The molecule has 1 aliphatic heterocycles. The Morgan fingerprint density at radius 2 is 1.79 bits per heavy atom. The van der Waals surface area contributed by atoms with E-state index in [4.69, 9.17) is 6.42 Å². The van der Waals surface area contributed by atoms with Gasteiger partial charge in [-0.05, 0) is 60.2 Å². The lowest BCUT2D eigenvalue weighted by Crippen LogP contribution is -2.72. The first-order valence-corrected chi connectivity index (χ1v) is 12.9. The lowest BCUT2D eigenvalue weighted by molar-refractivity contribution is -0.538. The molecule has 1 aliphatic rings. The van der Waals surface area contributed by atoms with Crippen molar-refractivity contribution in [3.63, 3.8) is 0 Å². The summed E-state index contributed by atoms with van der Waals surface area (Å²) < 4.78 is 13.3. The highest BCUT2D eigenvalue weighted by atomic mass is 19.1. The molecule has 39 heavy (non-hydrogen) atoms. The van der Waals surface area contributed by atoms with Gasteiger partial charge in [-0.1, -0.05) is 44.9 Å². The van der Waals surface area contributed by atoms with Crippen molar-refractivity contribution in [1.82, 2.24) is 10.2 Å². The number of benzene rings is 2. The average molecular weight is 532 g/mol. The number of nitrogens with two attached hydrogens (primary N) is 1. The number of nitrogens with one attached hydrogen (secondary N) is 2. The zero-order valence-corrected chi connectivity index (χ0v) is 23.1. The van der Waals surface area contributed by atoms with Crippen molar-refractivity contribution < 1.29 is 24.1 Å². The van der Waals surface area contributed by atoms with Gasteiger partial charge in [-0.25, -0.2) is 4.39 Å². The van der Waals surface area contributed by atoms with Gasteiger partial charge in [0.15, 0.2) is 5.69 Å². The van der Waals surface area contributed by atoms with Crippen LogP contribution in [0.4, 0.5) is 15.8 Å². The molecule has 1 saturated heterocycles. The topological polar surface area (TPSA) is 95.1 Å². The summed E-state index contributed by atoms with van der Waals surface area (Å²) in [6, 6.07) is 11.1. The highest BCUT2D eigenvalue weighted by Crippen LogP contribution is 2.29. The summed E-state index contributed by atoms with van der Waals surface area (Å²) >= 11 is 0. The second-order valence-electron chi connectivity index (χ2n) is 10.6. The Morgan fingerprint density at radius 3 is 2.36 bits per heavy atom. The summed E-state index contributed by atoms with van der Waals surface area (Å²) in [6.07, 6.45) is 9.83. The van der Waals surface area contributed by atoms with Gasteiger partial charge in [-0.15, -0.1) is 6.42 Å². The predicted octanol–water partition coefficient (Wildman–Crippen LogP) is 3.87. The van der Waals surface area contributed by atoms with E-state index in [2.05, 4.69) is 16.6 Å². The van der Waals surface area contributed by atoms with Crippen LogP contribution in [0.2, 0.25) is 0 Å². The molecule has 2 aromatic rings. The Balaban J connectivity index is 1.77. The quantitative estimate of drug-likeness (QED) is 0.209. The van der Waals surface area contributed by atoms with E-state index in [0.717, 1.165) is 23.2 Å². The molecular formula is C31H36FN4O3+. The molecule has 1 atom stereocenters. The van der Waals surface area contributed by atoms with Crippen molar-refractivity contribution in [2.75, 3.05) is 18.9 Å². The molecule has 204 valence electrons. The minimum absolute atomic E-state index is 0.0454. The number of hydrogen-bond acceptors (Lipinski definition) is 3. The fourth-order valence-electron chi connectivity index (χ4n) is 4.51. The molecule has 0 saturated carbocycles. The molecule has 1 unspecified atom stereocenters. The number of allylic oxidation sites excluding steroid dienone is 3. The monoisotopic (exact) mass is 531 g/mol. The van der Waals surface area contributed by atoms with Crippen LogP contribution in [0.3, 0.4) is 0 Å². The minimum atomic E-state index is -0.672. The molecule has 0 aliphatic carbocycles. The second kappa shape index (κ2) is 12.5. The van der Waals surface area contributed by atoms with Crippen LogP contribution < -0.4 is 16.0 Å². The Hall–Kier alpha value is -4.22. The van der Waals surface area contributed by atoms with Gasteiger partial charge in [0.2, 0.25) is 11.8 Å². The maximum Gasteiger partial charge on any atom is 0.251 e. The highest BCUT2D eigenvalue weighted by molar-refractivity contribution is 6.05. The van der Waals surface area contributed by atoms with Gasteiger partial charge in [0, 0.05) is 24.6 Å². The van der Waals surface area contributed by atoms with E-state index in [0.29, 0.717) is 24.2 Å². The Bertz CT molecular complexity index is 1350. The van der Waals surface area contributed by atoms with Crippen LogP contribution in [0, 0.1) is 23.6 Å². The number of rotatable bonds is 8. The largest absolute Gasteiger partial charge is 0.330 e. The number of likely N-dealkylation sites (tertiary alicyclic amines) is 1. The first kappa shape index (κ1) is 29.3. The minimum Gasteiger partial charge on any atom is -0.330 e. The van der Waals surface area contributed by atoms with E-state index in [1.165, 1.54) is 24.3 Å². The second-order valence-corrected chi connectivity index (χ2v) is 10.6. The van der Waals surface area contributed by atoms with Crippen molar-refractivity contribution in [3.8, 4) is 23.5 Å². The van der Waals surface area contributed by atoms with E-state index in [1.807, 2.05) is 51.3 Å². The Kier molecular flexibility index (Phi) is 9.44. The normalized spacial score (nSPS) is 15.1. The number of halogens is 1. The summed E-state index contributed by atoms with van der Waals surface area (Å²) in [5.74, 6) is 1.38. The lowest BCUT2D eigenvalue weighted by atomic mass is 9.85. The van der Waals surface area contributed by atoms with Crippen LogP contribution in [0.1, 0.15) is 40.5 Å². The number of carbonyl (C=O) groups is 3. The van der Waals surface area contributed by atoms with E-state index in [-0.39, 0.29) is 29.2 Å². The number of terminal acetylenes is 1. The lowest BCUT2D eigenvalue weighted by Gasteiger charge is -2.36. The van der Waals surface area contributed by atoms with Gasteiger partial charge in [0.05, 0.1) is 12.7 Å². The molecule has 0 bridgehead atoms. The summed E-state index contributed by atoms with van der Waals surface area (Å²) in [7, 11) is 1.87. The fourth-order valence-corrected chi connectivity index (χ4v) is 4.51. The van der Waals surface area contributed by atoms with Crippen LogP contribution >= 0.6 is 0 Å². The van der Waals surface area contributed by atoms with Crippen LogP contribution in [0.5, 0.6) is 0 Å². The third kappa shape index (κ3) is 7.43. The van der Waals surface area contributed by atoms with Crippen molar-refractivity contribution >= 4 is 29.1 Å². The Morgan fingerprint density at radius 1 is 1.13 bits per heavy atom. The van der Waals surface area contributed by atoms with E-state index >= 15 is 0 Å². The molecule has 8 heteroatoms. The molecule has 0 aromatic heterocycles. The van der Waals surface area contributed by atoms with Gasteiger partial charge >= 0.3 is 0 Å². The van der Waals surface area contributed by atoms with E-state index < -0.39 is 11.5 Å². The third-order valence-electron chi connectivity index (χ3n) is 6.55. The number of anilines is 1. The predicted molar refractivity (Wildman–Crippen MR) is 151 cm³/mol. The summed E-state index contributed by atoms with van der Waals surface area (Å²) in [4.78, 5) is 40.1. The van der Waals surface area contributed by atoms with Gasteiger partial charge in [-0.2, -0.15) is 0 Å². The van der Waals surface area contributed by atoms with Crippen molar-refractivity contribution in [2.45, 2.75) is 46.6 Å². The number of carbonyl (C=O) groups excluding carboxylic acids is 3. The third-order valence-corrected chi connectivity index (χ3v) is 6.55. The molecule has 3 amide bonds. The number of quaternary nitrogens is 1. The van der Waals surface area contributed by atoms with Gasteiger partial charge in [0.1, 0.15) is 17.5 Å². The molecule has 3 rings (SSSR count). The maximum absolute atomic E-state index is 13.3. The maximum atomic E-state index is 13.3. The van der Waals surface area contributed by atoms with Crippen LogP contribution in [-0.4, -0.2) is 42.3 Å². The SMILES string of the molecule is C#CC(=CC=C(C)C(=O)Nc1cc(-c2ccc(F)cc2)ccc1[NH2+]C)NC(=O)C(N1CCCC1=O)C(C)(C)C. The van der Waals surface area contributed by atoms with Crippen LogP contribution in [0.15, 0.2) is 65.9 Å². The zero-order valence-electron chi connectivity index (χ0n) is 23.1. The van der Waals surface area contributed by atoms with Gasteiger partial charge in [0.25, 0.3) is 5.91 Å². The van der Waals surface area contributed by atoms with Gasteiger partial charge < -0.3 is 20.9 Å². The van der Waals surface area contributed by atoms with E-state index in [9.17, 15) is 18.8 Å². The average Bonchev–Trinajstić information content (AvgIpc) is 3.30. The Labute approximate surface area is 229 Å². The first-order chi connectivity index (χ1) is 18.4. The first-order valence-electron chi connectivity index (χ1n) is 12.9. The standard InChI is InChI=1S/C31H35FN4O3/c1-7-24(34-30(39)28(31(3,4)5)36-18-8-9-27(36)37)16-10-20(2)29(38)35-26-19-22(13-17-25(26)33-6)21-11-14-23(32)15-12-21/h1,10-17,19,28,33H,8-9,18H2,2-6H3,(H,34,39)(H,35,38)/p+1. The molecule has 1 fully saturated rings. The molecule has 4 N–H and O–H groups in total. The van der Waals surface area contributed by atoms with Gasteiger partial charge in [-0.3, -0.25) is 14.4 Å². The van der Waals surface area contributed by atoms with E-state index in [1.54, 1.807) is 24.0 Å². The summed E-state index contributed by atoms with van der Waals surface area (Å²) in [5.41, 5.74) is 3.16. The molecular weight excluding hydrogens is 495 g/mol. The van der Waals surface area contributed by atoms with Crippen LogP contribution in [0.25, 0.3) is 11.1 Å². The molecule has 0 spiro atoms. The fraction of sp³-hybridized carbons (Fsp3) is 0.323. The summed E-state index contributed by atoms with van der Waals surface area (Å²) in [5, 5.41) is 7.55. The van der Waals surface area contributed by atoms with Crippen molar-refractivity contribution in [1.29, 1.82) is 0 Å². The smallest absolute Gasteiger partial charge is 0.251 e. The number of amides is 3. The molecule has 1 heterocycles. The highest BCUT2D eigenvalue weighted by Gasteiger charge is 2.40. The summed E-state index contributed by atoms with van der Waals surface area (Å²) in [6.45, 7) is 7.89. The van der Waals surface area contributed by atoms with Crippen molar-refractivity contribution in [3.05, 3.63) is 71.7 Å². The van der Waals surface area contributed by atoms with Crippen molar-refractivity contribution in [2.24, 2.45) is 5.41 Å².